The van der Waals surface area contributed by atoms with Crippen molar-refractivity contribution in [2.75, 3.05) is 39.3 Å². The fourth-order valence-electron chi connectivity index (χ4n) is 3.89. The summed E-state index contributed by atoms with van der Waals surface area (Å²) in [6, 6.07) is 13.2. The van der Waals surface area contributed by atoms with Crippen molar-refractivity contribution in [1.82, 2.24) is 4.98 Å². The van der Waals surface area contributed by atoms with Crippen LogP contribution in [0.5, 0.6) is 11.5 Å². The molecule has 0 aliphatic heterocycles. The number of benzene rings is 2. The molecule has 1 N–H and O–H groups in total. The van der Waals surface area contributed by atoms with Gasteiger partial charge in [-0.3, -0.25) is 9.59 Å². The lowest BCUT2D eigenvalue weighted by molar-refractivity contribution is 0.0915. The van der Waals surface area contributed by atoms with Crippen LogP contribution in [0.25, 0.3) is 21.3 Å². The van der Waals surface area contributed by atoms with Gasteiger partial charge in [-0.25, -0.2) is 9.37 Å². The van der Waals surface area contributed by atoms with E-state index in [0.29, 0.717) is 27.5 Å². The van der Waals surface area contributed by atoms with Crippen LogP contribution in [-0.4, -0.2) is 56.1 Å². The van der Waals surface area contributed by atoms with E-state index >= 15 is 0 Å². The molecule has 0 saturated heterocycles. The van der Waals surface area contributed by atoms with Crippen molar-refractivity contribution >= 4 is 38.7 Å². The number of hydrogen-bond donors (Lipinski definition) is 1. The average Bonchev–Trinajstić information content (AvgIpc) is 3.35. The summed E-state index contributed by atoms with van der Waals surface area (Å²) in [7, 11) is 5.19. The number of nitrogens with zero attached hydrogens (tertiary/aromatic N) is 2. The topological polar surface area (TPSA) is 89.0 Å². The van der Waals surface area contributed by atoms with Crippen molar-refractivity contribution in [2.24, 2.45) is 0 Å². The SMILES string of the molecule is COc1cc(C(=O)CCC(=O)c2cc(N(C)C)cc(-c3csc4c(F)cccc34)n2)ccc1OCCO. The van der Waals surface area contributed by atoms with E-state index in [1.165, 1.54) is 24.5 Å². The first-order valence-corrected chi connectivity index (χ1v) is 12.5. The number of anilines is 1. The highest BCUT2D eigenvalue weighted by atomic mass is 32.1. The number of Topliss-reactive ketones (excluding diaryl/α,β-unsaturated/α-hetero) is 2. The fourth-order valence-corrected chi connectivity index (χ4v) is 4.86. The third kappa shape index (κ3) is 5.79. The molecule has 0 amide bonds. The zero-order valence-electron chi connectivity index (χ0n) is 20.8. The van der Waals surface area contributed by atoms with Gasteiger partial charge >= 0.3 is 0 Å². The van der Waals surface area contributed by atoms with Gasteiger partial charge in [0.25, 0.3) is 0 Å². The Bertz CT molecular complexity index is 1450. The highest BCUT2D eigenvalue weighted by Gasteiger charge is 2.18. The van der Waals surface area contributed by atoms with E-state index in [1.807, 2.05) is 36.5 Å². The minimum Gasteiger partial charge on any atom is -0.493 e. The summed E-state index contributed by atoms with van der Waals surface area (Å²) in [4.78, 5) is 32.4. The predicted octanol–water partition coefficient (Wildman–Crippen LogP) is 5.39. The van der Waals surface area contributed by atoms with Crippen molar-refractivity contribution in [3.63, 3.8) is 0 Å². The van der Waals surface area contributed by atoms with Gasteiger partial charge in [-0.1, -0.05) is 12.1 Å². The van der Waals surface area contributed by atoms with Gasteiger partial charge < -0.3 is 19.5 Å². The molecule has 37 heavy (non-hydrogen) atoms. The molecule has 4 rings (SSSR count). The molecule has 0 saturated carbocycles. The van der Waals surface area contributed by atoms with Crippen LogP contribution in [0, 0.1) is 5.82 Å². The fraction of sp³-hybridized carbons (Fsp3) is 0.250. The number of ether oxygens (including phenoxy) is 2. The van der Waals surface area contributed by atoms with Crippen molar-refractivity contribution < 1.29 is 28.6 Å². The number of ketones is 2. The van der Waals surface area contributed by atoms with Crippen LogP contribution >= 0.6 is 11.3 Å². The Labute approximate surface area is 218 Å². The van der Waals surface area contributed by atoms with Gasteiger partial charge in [-0.15, -0.1) is 11.3 Å². The minimum absolute atomic E-state index is 0.00533. The van der Waals surface area contributed by atoms with Crippen LogP contribution in [0.15, 0.2) is 53.9 Å². The molecule has 0 spiro atoms. The number of methoxy groups -OCH3 is 1. The molecule has 9 heteroatoms. The van der Waals surface area contributed by atoms with E-state index in [9.17, 15) is 14.0 Å². The zero-order chi connectivity index (χ0) is 26.5. The summed E-state index contributed by atoms with van der Waals surface area (Å²) in [5, 5.41) is 11.5. The van der Waals surface area contributed by atoms with Crippen LogP contribution in [-0.2, 0) is 0 Å². The molecule has 2 heterocycles. The molecular weight excluding hydrogens is 495 g/mol. The second-order valence-corrected chi connectivity index (χ2v) is 9.42. The van der Waals surface area contributed by atoms with Crippen molar-refractivity contribution in [2.45, 2.75) is 12.8 Å². The second kappa shape index (κ2) is 11.5. The van der Waals surface area contributed by atoms with E-state index in [-0.39, 0.29) is 49.1 Å². The summed E-state index contributed by atoms with van der Waals surface area (Å²) in [5.41, 5.74) is 2.74. The first-order chi connectivity index (χ1) is 17.8. The molecular formula is C28H27FN2O5S. The number of rotatable bonds is 11. The summed E-state index contributed by atoms with van der Waals surface area (Å²) in [6.45, 7) is -0.0362. The Morgan fingerprint density at radius 2 is 1.84 bits per heavy atom. The maximum atomic E-state index is 14.2. The smallest absolute Gasteiger partial charge is 0.181 e. The molecule has 2 aromatic carbocycles. The normalized spacial score (nSPS) is 10.9. The van der Waals surface area contributed by atoms with Crippen LogP contribution < -0.4 is 14.4 Å². The van der Waals surface area contributed by atoms with Gasteiger partial charge in [0.05, 0.1) is 24.1 Å². The van der Waals surface area contributed by atoms with Crippen LogP contribution in [0.1, 0.15) is 33.7 Å². The van der Waals surface area contributed by atoms with Crippen molar-refractivity contribution in [1.29, 1.82) is 0 Å². The molecule has 2 aromatic heterocycles. The number of halogens is 1. The molecule has 0 unspecified atom stereocenters. The van der Waals surface area contributed by atoms with Crippen LogP contribution in [0.2, 0.25) is 0 Å². The van der Waals surface area contributed by atoms with Gasteiger partial charge in [-0.2, -0.15) is 0 Å². The summed E-state index contributed by atoms with van der Waals surface area (Å²) < 4.78 is 25.5. The van der Waals surface area contributed by atoms with E-state index in [2.05, 4.69) is 4.98 Å². The zero-order valence-corrected chi connectivity index (χ0v) is 21.6. The monoisotopic (exact) mass is 522 g/mol. The Kier molecular flexibility index (Phi) is 8.15. The van der Waals surface area contributed by atoms with E-state index in [0.717, 1.165) is 16.6 Å². The van der Waals surface area contributed by atoms with E-state index in [1.54, 1.807) is 30.3 Å². The summed E-state index contributed by atoms with van der Waals surface area (Å²) >= 11 is 1.29. The molecule has 7 nitrogen and oxygen atoms in total. The Morgan fingerprint density at radius 3 is 2.57 bits per heavy atom. The van der Waals surface area contributed by atoms with E-state index < -0.39 is 0 Å². The third-order valence-electron chi connectivity index (χ3n) is 5.85. The predicted molar refractivity (Wildman–Crippen MR) is 143 cm³/mol. The first kappa shape index (κ1) is 26.2. The molecule has 192 valence electrons. The lowest BCUT2D eigenvalue weighted by atomic mass is 10.0. The van der Waals surface area contributed by atoms with Crippen molar-refractivity contribution in [3.8, 4) is 22.8 Å². The largest absolute Gasteiger partial charge is 0.493 e. The number of aliphatic hydroxyl groups excluding tert-OH is 1. The minimum atomic E-state index is -0.294. The first-order valence-electron chi connectivity index (χ1n) is 11.7. The Balaban J connectivity index is 1.56. The quantitative estimate of drug-likeness (QED) is 0.264. The highest BCUT2D eigenvalue weighted by Crippen LogP contribution is 2.36. The second-order valence-electron chi connectivity index (χ2n) is 8.54. The van der Waals surface area contributed by atoms with Crippen LogP contribution in [0.3, 0.4) is 0 Å². The highest BCUT2D eigenvalue weighted by molar-refractivity contribution is 7.17. The van der Waals surface area contributed by atoms with Gasteiger partial charge in [0, 0.05) is 54.5 Å². The van der Waals surface area contributed by atoms with Crippen molar-refractivity contribution in [3.05, 3.63) is 71.0 Å². The van der Waals surface area contributed by atoms with Gasteiger partial charge in [0.1, 0.15) is 18.1 Å². The number of thiophene rings is 1. The van der Waals surface area contributed by atoms with Gasteiger partial charge in [0.2, 0.25) is 0 Å². The number of fused-ring (bicyclic) bond motifs is 1. The molecule has 0 fully saturated rings. The van der Waals surface area contributed by atoms with Gasteiger partial charge in [-0.05, 0) is 36.4 Å². The van der Waals surface area contributed by atoms with Gasteiger partial charge in [0.15, 0.2) is 23.1 Å². The average molecular weight is 523 g/mol. The maximum absolute atomic E-state index is 14.2. The van der Waals surface area contributed by atoms with Crippen LogP contribution in [0.4, 0.5) is 10.1 Å². The molecule has 0 aliphatic rings. The molecule has 0 aliphatic carbocycles. The number of aliphatic hydroxyl groups is 1. The number of pyridine rings is 1. The lowest BCUT2D eigenvalue weighted by Gasteiger charge is -2.15. The summed E-state index contributed by atoms with van der Waals surface area (Å²) in [6.07, 6.45) is -0.0269. The standard InChI is InChI=1S/C28H27FN2O5S/c1-31(2)18-14-22(20-16-37-28-19(20)5-4-6-21(28)29)30-23(15-18)25(34)9-8-24(33)17-7-10-26(36-12-11-32)27(13-17)35-3/h4-7,10,13-16,32H,8-9,11-12H2,1-3H3. The number of carbonyl (C=O) groups is 2. The molecule has 0 atom stereocenters. The molecule has 4 aromatic rings. The molecule has 0 bridgehead atoms. The Hall–Kier alpha value is -3.82. The number of carbonyl (C=O) groups excluding carboxylic acids is 2. The summed E-state index contributed by atoms with van der Waals surface area (Å²) in [5.74, 6) is 0.0109. The van der Waals surface area contributed by atoms with E-state index in [4.69, 9.17) is 14.6 Å². The number of aromatic nitrogens is 1. The third-order valence-corrected chi connectivity index (χ3v) is 6.86. The lowest BCUT2D eigenvalue weighted by Crippen LogP contribution is -2.12. The molecule has 0 radical (unpaired) electrons. The Morgan fingerprint density at radius 1 is 1.05 bits per heavy atom. The number of hydrogen-bond acceptors (Lipinski definition) is 8. The maximum Gasteiger partial charge on any atom is 0.181 e.